The van der Waals surface area contributed by atoms with E-state index < -0.39 is 0 Å². The van der Waals surface area contributed by atoms with Crippen LogP contribution in [0.2, 0.25) is 0 Å². The Labute approximate surface area is 83.0 Å². The van der Waals surface area contributed by atoms with Crippen molar-refractivity contribution in [2.75, 3.05) is 14.1 Å². The predicted molar refractivity (Wildman–Crippen MR) is 62.6 cm³/mol. The second-order valence-corrected chi connectivity index (χ2v) is 1.86. The van der Waals surface area contributed by atoms with Crippen LogP contribution < -0.4 is 11.5 Å². The maximum absolute atomic E-state index is 4.50. The fourth-order valence-electron chi connectivity index (χ4n) is 0.385. The maximum atomic E-state index is 4.50. The van der Waals surface area contributed by atoms with E-state index in [-0.39, 0.29) is 0 Å². The molecule has 0 aliphatic carbocycles. The van der Waals surface area contributed by atoms with Crippen molar-refractivity contribution in [2.24, 2.45) is 11.5 Å². The van der Waals surface area contributed by atoms with Gasteiger partial charge in [-0.1, -0.05) is 56.7 Å². The summed E-state index contributed by atoms with van der Waals surface area (Å²) < 4.78 is 0. The molecule has 1 aromatic rings. The van der Waals surface area contributed by atoms with Gasteiger partial charge in [-0.25, -0.2) is 0 Å². The molecule has 0 amide bonds. The van der Waals surface area contributed by atoms with Crippen LogP contribution in [0.5, 0.6) is 0 Å². The van der Waals surface area contributed by atoms with Crippen molar-refractivity contribution < 1.29 is 0 Å². The molecule has 0 saturated carbocycles. The second-order valence-electron chi connectivity index (χ2n) is 1.86. The summed E-state index contributed by atoms with van der Waals surface area (Å²) in [6.45, 7) is 4.25. The maximum Gasteiger partial charge on any atom is -0.0195 e. The highest BCUT2D eigenvalue weighted by Crippen LogP contribution is 1.79. The van der Waals surface area contributed by atoms with E-state index in [0.717, 1.165) is 0 Å². The summed E-state index contributed by atoms with van der Waals surface area (Å²) in [4.78, 5) is 0. The number of nitrogens with two attached hydrogens (primary N) is 2. The van der Waals surface area contributed by atoms with E-state index in [0.29, 0.717) is 0 Å². The molecule has 0 fully saturated rings. The van der Waals surface area contributed by atoms with Crippen LogP contribution in [0.25, 0.3) is 0 Å². The molecule has 13 heavy (non-hydrogen) atoms. The van der Waals surface area contributed by atoms with Gasteiger partial charge in [-0.3, -0.25) is 0 Å². The molecular formula is C11H24N2. The standard InChI is InChI=1S/C6H6.C3H8.2CH5N/c1-2-4-6-5-3-1;1-3-2;2*1-2/h1-6H;3H2,1-2H3;2*2H2,1H3. The Kier molecular flexibility index (Phi) is 42.1. The first kappa shape index (κ1) is 18.0. The highest BCUT2D eigenvalue weighted by molar-refractivity contribution is 4.99. The van der Waals surface area contributed by atoms with Crippen LogP contribution in [0.1, 0.15) is 20.3 Å². The van der Waals surface area contributed by atoms with E-state index in [4.69, 9.17) is 0 Å². The average molecular weight is 184 g/mol. The lowest BCUT2D eigenvalue weighted by atomic mass is 10.4. The fourth-order valence-corrected chi connectivity index (χ4v) is 0.385. The molecule has 2 nitrogen and oxygen atoms in total. The van der Waals surface area contributed by atoms with E-state index >= 15 is 0 Å². The van der Waals surface area contributed by atoms with Gasteiger partial charge in [-0.15, -0.1) is 0 Å². The minimum Gasteiger partial charge on any atom is -0.333 e. The largest absolute Gasteiger partial charge is 0.333 e. The van der Waals surface area contributed by atoms with Crippen LogP contribution in [-0.2, 0) is 0 Å². The molecular weight excluding hydrogens is 160 g/mol. The zero-order valence-electron chi connectivity index (χ0n) is 9.33. The molecule has 1 rings (SSSR count). The van der Waals surface area contributed by atoms with Gasteiger partial charge in [0.1, 0.15) is 0 Å². The summed E-state index contributed by atoms with van der Waals surface area (Å²) in [5, 5.41) is 0. The SMILES string of the molecule is CCC.CN.CN.c1ccccc1. The Balaban J connectivity index is -0.000000124. The molecule has 0 unspecified atom stereocenters. The molecule has 0 aromatic heterocycles. The van der Waals surface area contributed by atoms with Gasteiger partial charge in [0.2, 0.25) is 0 Å². The molecule has 2 heteroatoms. The molecule has 0 spiro atoms. The molecule has 0 heterocycles. The third kappa shape index (κ3) is 35.2. The molecule has 0 aliphatic rings. The second kappa shape index (κ2) is 30.4. The molecule has 0 atom stereocenters. The smallest absolute Gasteiger partial charge is 0.0195 e. The molecule has 78 valence electrons. The van der Waals surface area contributed by atoms with Crippen molar-refractivity contribution in [3.8, 4) is 0 Å². The Morgan fingerprint density at radius 2 is 0.692 bits per heavy atom. The fraction of sp³-hybridized carbons (Fsp3) is 0.455. The molecule has 0 saturated heterocycles. The molecule has 0 aliphatic heterocycles. The first-order valence-electron chi connectivity index (χ1n) is 4.57. The van der Waals surface area contributed by atoms with Crippen molar-refractivity contribution in [3.63, 3.8) is 0 Å². The van der Waals surface area contributed by atoms with E-state index in [2.05, 4.69) is 25.3 Å². The molecule has 4 N–H and O–H groups in total. The van der Waals surface area contributed by atoms with Crippen molar-refractivity contribution in [2.45, 2.75) is 20.3 Å². The predicted octanol–water partition coefficient (Wildman–Crippen LogP) is 2.25. The average Bonchev–Trinajstić information content (AvgIpc) is 2.27. The number of rotatable bonds is 0. The summed E-state index contributed by atoms with van der Waals surface area (Å²) in [5.41, 5.74) is 9.00. The van der Waals surface area contributed by atoms with Gasteiger partial charge in [0.25, 0.3) is 0 Å². The molecule has 0 bridgehead atoms. The third-order valence-electron chi connectivity index (χ3n) is 0.667. The Morgan fingerprint density at radius 1 is 0.615 bits per heavy atom. The van der Waals surface area contributed by atoms with E-state index in [1.165, 1.54) is 20.5 Å². The van der Waals surface area contributed by atoms with Crippen LogP contribution in [0.4, 0.5) is 0 Å². The molecule has 1 aromatic carbocycles. The summed E-state index contributed by atoms with van der Waals surface area (Å²) >= 11 is 0. The van der Waals surface area contributed by atoms with Crippen LogP contribution in [0.3, 0.4) is 0 Å². The minimum absolute atomic E-state index is 1.25. The number of benzene rings is 1. The van der Waals surface area contributed by atoms with E-state index in [9.17, 15) is 0 Å². The summed E-state index contributed by atoms with van der Waals surface area (Å²) in [7, 11) is 3.00. The highest BCUT2D eigenvalue weighted by atomic mass is 14.4. The van der Waals surface area contributed by atoms with Crippen LogP contribution in [0, 0.1) is 0 Å². The number of hydrogen-bond acceptors (Lipinski definition) is 2. The minimum atomic E-state index is 1.25. The van der Waals surface area contributed by atoms with E-state index in [1.54, 1.807) is 0 Å². The zero-order valence-corrected chi connectivity index (χ0v) is 9.33. The molecule has 0 radical (unpaired) electrons. The van der Waals surface area contributed by atoms with Gasteiger partial charge in [0, 0.05) is 0 Å². The normalized spacial score (nSPS) is 6.00. The lowest BCUT2D eigenvalue weighted by Crippen LogP contribution is -1.69. The lowest BCUT2D eigenvalue weighted by Gasteiger charge is -1.69. The third-order valence-corrected chi connectivity index (χ3v) is 0.667. The van der Waals surface area contributed by atoms with Gasteiger partial charge in [0.05, 0.1) is 0 Å². The monoisotopic (exact) mass is 184 g/mol. The lowest BCUT2D eigenvalue weighted by molar-refractivity contribution is 1.09. The quantitative estimate of drug-likeness (QED) is 0.650. The van der Waals surface area contributed by atoms with Crippen molar-refractivity contribution in [1.29, 1.82) is 0 Å². The van der Waals surface area contributed by atoms with Gasteiger partial charge >= 0.3 is 0 Å². The Bertz CT molecular complexity index is 90.9. The summed E-state index contributed by atoms with van der Waals surface area (Å²) in [6, 6.07) is 12.0. The van der Waals surface area contributed by atoms with Gasteiger partial charge in [-0.2, -0.15) is 0 Å². The van der Waals surface area contributed by atoms with Crippen LogP contribution >= 0.6 is 0 Å². The van der Waals surface area contributed by atoms with Crippen molar-refractivity contribution in [3.05, 3.63) is 36.4 Å². The summed E-state index contributed by atoms with van der Waals surface area (Å²) in [6.07, 6.45) is 1.25. The van der Waals surface area contributed by atoms with Crippen molar-refractivity contribution >= 4 is 0 Å². The topological polar surface area (TPSA) is 52.0 Å². The number of hydrogen-bond donors (Lipinski definition) is 2. The Morgan fingerprint density at radius 3 is 0.769 bits per heavy atom. The first-order chi connectivity index (χ1) is 6.41. The van der Waals surface area contributed by atoms with Gasteiger partial charge < -0.3 is 11.5 Å². The zero-order chi connectivity index (χ0) is 10.9. The van der Waals surface area contributed by atoms with Crippen molar-refractivity contribution in [1.82, 2.24) is 0 Å². The Hall–Kier alpha value is -0.860. The first-order valence-corrected chi connectivity index (χ1v) is 4.57. The van der Waals surface area contributed by atoms with Gasteiger partial charge in [0.15, 0.2) is 0 Å². The highest BCUT2D eigenvalue weighted by Gasteiger charge is 1.57. The van der Waals surface area contributed by atoms with Crippen LogP contribution in [-0.4, -0.2) is 14.1 Å². The summed E-state index contributed by atoms with van der Waals surface area (Å²) in [5.74, 6) is 0. The van der Waals surface area contributed by atoms with E-state index in [1.807, 2.05) is 36.4 Å². The van der Waals surface area contributed by atoms with Crippen LogP contribution in [0.15, 0.2) is 36.4 Å². The van der Waals surface area contributed by atoms with Gasteiger partial charge in [-0.05, 0) is 14.1 Å².